The number of aryl methyl sites for hydroxylation is 1. The van der Waals surface area contributed by atoms with E-state index in [9.17, 15) is 14.0 Å². The molecule has 0 radical (unpaired) electrons. The average molecular weight is 410 g/mol. The van der Waals surface area contributed by atoms with Crippen molar-refractivity contribution in [2.75, 3.05) is 33.7 Å². The van der Waals surface area contributed by atoms with E-state index in [1.54, 1.807) is 37.5 Å². The highest BCUT2D eigenvalue weighted by molar-refractivity contribution is 5.77. The first-order valence-corrected chi connectivity index (χ1v) is 10.3. The number of aromatic nitrogens is 1. The molecule has 0 unspecified atom stereocenters. The predicted octanol–water partition coefficient (Wildman–Crippen LogP) is 2.97. The topological polar surface area (TPSA) is 56.8 Å². The van der Waals surface area contributed by atoms with E-state index in [1.807, 2.05) is 28.0 Å². The number of rotatable bonds is 4. The summed E-state index contributed by atoms with van der Waals surface area (Å²) in [6.45, 7) is 1.82. The van der Waals surface area contributed by atoms with Crippen LogP contribution in [0.3, 0.4) is 0 Å². The number of amides is 3. The Morgan fingerprint density at radius 2 is 1.90 bits per heavy atom. The van der Waals surface area contributed by atoms with E-state index in [1.165, 1.54) is 12.1 Å². The third-order valence-corrected chi connectivity index (χ3v) is 6.21. The first-order valence-electron chi connectivity index (χ1n) is 10.3. The van der Waals surface area contributed by atoms with Gasteiger partial charge >= 0.3 is 6.03 Å². The van der Waals surface area contributed by atoms with Gasteiger partial charge in [0, 0.05) is 64.4 Å². The quantitative estimate of drug-likeness (QED) is 0.779. The van der Waals surface area contributed by atoms with Crippen LogP contribution >= 0.6 is 0 Å². The normalized spacial score (nSPS) is 22.8. The molecule has 2 fully saturated rings. The number of nitrogens with zero attached hydrogens (tertiary/aromatic N) is 4. The first-order chi connectivity index (χ1) is 14.4. The van der Waals surface area contributed by atoms with Crippen LogP contribution in [-0.2, 0) is 11.2 Å². The van der Waals surface area contributed by atoms with Crippen LogP contribution in [0.2, 0.25) is 0 Å². The Morgan fingerprint density at radius 3 is 2.60 bits per heavy atom. The highest BCUT2D eigenvalue weighted by Gasteiger charge is 2.50. The Hall–Kier alpha value is -2.96. The van der Waals surface area contributed by atoms with Gasteiger partial charge in [0.25, 0.3) is 0 Å². The molecule has 3 heterocycles. The molecule has 0 aliphatic carbocycles. The molecule has 30 heavy (non-hydrogen) atoms. The minimum atomic E-state index is -0.309. The number of carbonyl (C=O) groups is 2. The van der Waals surface area contributed by atoms with Crippen LogP contribution in [0, 0.1) is 17.7 Å². The highest BCUT2D eigenvalue weighted by atomic mass is 19.1. The van der Waals surface area contributed by atoms with Gasteiger partial charge in [0.2, 0.25) is 5.91 Å². The Balaban J connectivity index is 1.49. The van der Waals surface area contributed by atoms with Crippen molar-refractivity contribution >= 4 is 11.9 Å². The molecule has 1 aromatic carbocycles. The zero-order chi connectivity index (χ0) is 21.3. The average Bonchev–Trinajstić information content (AvgIpc) is 3.30. The van der Waals surface area contributed by atoms with Crippen LogP contribution in [0.1, 0.15) is 23.6 Å². The summed E-state index contributed by atoms with van der Waals surface area (Å²) in [6, 6.07) is 10.0. The summed E-state index contributed by atoms with van der Waals surface area (Å²) >= 11 is 0. The molecule has 3 amide bonds. The van der Waals surface area contributed by atoms with E-state index < -0.39 is 0 Å². The molecule has 1 aromatic heterocycles. The summed E-state index contributed by atoms with van der Waals surface area (Å²) in [5.74, 6) is 0.133. The van der Waals surface area contributed by atoms with E-state index in [2.05, 4.69) is 4.98 Å². The molecule has 7 heteroatoms. The second-order valence-corrected chi connectivity index (χ2v) is 8.41. The predicted molar refractivity (Wildman–Crippen MR) is 111 cm³/mol. The molecule has 2 aliphatic heterocycles. The van der Waals surface area contributed by atoms with E-state index in [-0.39, 0.29) is 35.6 Å². The standard InChI is InChI=1S/C23H27FN4O2/c1-26(2)23(30)28-14-18-13-27(21(29)7-6-16-8-10-25-11-9-16)15-20(18)22(28)17-4-3-5-19(24)12-17/h3-5,8-12,18,20,22H,6-7,13-15H2,1-2H3/t18-,20-,22-/m1/s1. The van der Waals surface area contributed by atoms with Crippen LogP contribution in [-0.4, -0.2) is 65.4 Å². The number of halogens is 1. The summed E-state index contributed by atoms with van der Waals surface area (Å²) in [6.07, 6.45) is 4.61. The molecule has 2 aromatic rings. The van der Waals surface area contributed by atoms with Gasteiger partial charge in [0.05, 0.1) is 6.04 Å². The minimum Gasteiger partial charge on any atom is -0.342 e. The van der Waals surface area contributed by atoms with Gasteiger partial charge in [0.1, 0.15) is 5.82 Å². The van der Waals surface area contributed by atoms with Crippen LogP contribution in [0.4, 0.5) is 9.18 Å². The molecule has 158 valence electrons. The van der Waals surface area contributed by atoms with Gasteiger partial charge in [0.15, 0.2) is 0 Å². The van der Waals surface area contributed by atoms with Crippen LogP contribution in [0.25, 0.3) is 0 Å². The molecular formula is C23H27FN4O2. The lowest BCUT2D eigenvalue weighted by atomic mass is 9.89. The Labute approximate surface area is 176 Å². The van der Waals surface area contributed by atoms with Gasteiger partial charge in [-0.05, 0) is 41.8 Å². The van der Waals surface area contributed by atoms with E-state index in [0.29, 0.717) is 32.5 Å². The number of benzene rings is 1. The first kappa shape index (κ1) is 20.3. The lowest BCUT2D eigenvalue weighted by molar-refractivity contribution is -0.130. The molecule has 0 N–H and O–H groups in total. The van der Waals surface area contributed by atoms with Crippen LogP contribution < -0.4 is 0 Å². The number of pyridine rings is 1. The Kier molecular flexibility index (Phi) is 5.70. The fraction of sp³-hybridized carbons (Fsp3) is 0.435. The number of carbonyl (C=O) groups excluding carboxylic acids is 2. The third kappa shape index (κ3) is 4.01. The zero-order valence-corrected chi connectivity index (χ0v) is 17.4. The SMILES string of the molecule is CN(C)C(=O)N1C[C@H]2CN(C(=O)CCc3ccncc3)C[C@H]2[C@H]1c1cccc(F)c1. The van der Waals surface area contributed by atoms with E-state index in [0.717, 1.165) is 11.1 Å². The highest BCUT2D eigenvalue weighted by Crippen LogP contribution is 2.45. The molecule has 6 nitrogen and oxygen atoms in total. The number of hydrogen-bond acceptors (Lipinski definition) is 3. The second kappa shape index (κ2) is 8.42. The van der Waals surface area contributed by atoms with E-state index >= 15 is 0 Å². The number of fused-ring (bicyclic) bond motifs is 1. The minimum absolute atomic E-state index is 0.0748. The van der Waals surface area contributed by atoms with E-state index in [4.69, 9.17) is 0 Å². The Bertz CT molecular complexity index is 920. The van der Waals surface area contributed by atoms with Crippen molar-refractivity contribution in [2.45, 2.75) is 18.9 Å². The summed E-state index contributed by atoms with van der Waals surface area (Å²) in [5.41, 5.74) is 1.89. The van der Waals surface area contributed by atoms with Crippen molar-refractivity contribution in [3.63, 3.8) is 0 Å². The monoisotopic (exact) mass is 410 g/mol. The lowest BCUT2D eigenvalue weighted by Gasteiger charge is -2.32. The van der Waals surface area contributed by atoms with Gasteiger partial charge in [-0.15, -0.1) is 0 Å². The maximum absolute atomic E-state index is 13.9. The molecule has 0 saturated carbocycles. The summed E-state index contributed by atoms with van der Waals surface area (Å²) in [4.78, 5) is 34.9. The summed E-state index contributed by atoms with van der Waals surface area (Å²) in [7, 11) is 3.46. The number of hydrogen-bond donors (Lipinski definition) is 0. The van der Waals surface area contributed by atoms with Gasteiger partial charge in [-0.1, -0.05) is 12.1 Å². The largest absolute Gasteiger partial charge is 0.342 e. The van der Waals surface area contributed by atoms with Crippen molar-refractivity contribution in [1.82, 2.24) is 19.7 Å². The fourth-order valence-corrected chi connectivity index (χ4v) is 4.78. The molecule has 2 saturated heterocycles. The molecule has 4 rings (SSSR count). The third-order valence-electron chi connectivity index (χ3n) is 6.21. The maximum Gasteiger partial charge on any atom is 0.320 e. The van der Waals surface area contributed by atoms with Crippen LogP contribution in [0.15, 0.2) is 48.8 Å². The fourth-order valence-electron chi connectivity index (χ4n) is 4.78. The summed E-state index contributed by atoms with van der Waals surface area (Å²) < 4.78 is 13.9. The lowest BCUT2D eigenvalue weighted by Crippen LogP contribution is -2.42. The summed E-state index contributed by atoms with van der Waals surface area (Å²) in [5, 5.41) is 0. The maximum atomic E-state index is 13.9. The van der Waals surface area contributed by atoms with Crippen molar-refractivity contribution < 1.29 is 14.0 Å². The molecule has 2 aliphatic rings. The Morgan fingerprint density at radius 1 is 1.13 bits per heavy atom. The van der Waals surface area contributed by atoms with Crippen molar-refractivity contribution in [1.29, 1.82) is 0 Å². The second-order valence-electron chi connectivity index (χ2n) is 8.41. The molecule has 0 bridgehead atoms. The van der Waals surface area contributed by atoms with Crippen LogP contribution in [0.5, 0.6) is 0 Å². The zero-order valence-electron chi connectivity index (χ0n) is 17.4. The van der Waals surface area contributed by atoms with Crippen molar-refractivity contribution in [3.8, 4) is 0 Å². The van der Waals surface area contributed by atoms with Crippen molar-refractivity contribution in [2.24, 2.45) is 11.8 Å². The van der Waals surface area contributed by atoms with Gasteiger partial charge in [-0.2, -0.15) is 0 Å². The van der Waals surface area contributed by atoms with Gasteiger partial charge in [-0.25, -0.2) is 9.18 Å². The molecule has 3 atom stereocenters. The van der Waals surface area contributed by atoms with Gasteiger partial charge in [-0.3, -0.25) is 9.78 Å². The molecular weight excluding hydrogens is 383 g/mol. The smallest absolute Gasteiger partial charge is 0.320 e. The van der Waals surface area contributed by atoms with Gasteiger partial charge < -0.3 is 14.7 Å². The van der Waals surface area contributed by atoms with Crippen molar-refractivity contribution in [3.05, 3.63) is 65.7 Å². The molecule has 0 spiro atoms. The number of likely N-dealkylation sites (tertiary alicyclic amines) is 2. The number of urea groups is 1.